The van der Waals surface area contributed by atoms with Gasteiger partial charge >= 0.3 is 12.2 Å². The maximum Gasteiger partial charge on any atom is 0.421 e. The Balaban J connectivity index is 1.66. The number of halogens is 4. The number of nitrogens with zero attached hydrogens (tertiary/aromatic N) is 2. The third kappa shape index (κ3) is 5.54. The maximum atomic E-state index is 13.8. The van der Waals surface area contributed by atoms with E-state index in [1.54, 1.807) is 0 Å². The van der Waals surface area contributed by atoms with E-state index >= 15 is 0 Å². The van der Waals surface area contributed by atoms with Gasteiger partial charge in [0.05, 0.1) is 16.6 Å². The number of alkyl halides is 3. The van der Waals surface area contributed by atoms with Crippen molar-refractivity contribution < 1.29 is 45.5 Å². The number of aryl methyl sites for hydroxylation is 1. The van der Waals surface area contributed by atoms with Crippen molar-refractivity contribution in [1.82, 2.24) is 10.2 Å². The van der Waals surface area contributed by atoms with Crippen LogP contribution in [-0.4, -0.2) is 61.0 Å². The fraction of sp³-hybridized carbons (Fsp3) is 0.444. The highest BCUT2D eigenvalue weighted by molar-refractivity contribution is 7.92. The van der Waals surface area contributed by atoms with Crippen molar-refractivity contribution in [2.75, 3.05) is 11.4 Å². The quantitative estimate of drug-likeness (QED) is 0.352. The molecule has 2 N–H and O–H groups in total. The molecule has 0 radical (unpaired) electrons. The number of imide groups is 1. The number of nitrogens with one attached hydrogen (secondary N) is 1. The highest BCUT2D eigenvalue weighted by Crippen LogP contribution is 2.43. The molecule has 222 valence electrons. The Morgan fingerprint density at radius 3 is 2.34 bits per heavy atom. The number of benzene rings is 2. The molecule has 1 fully saturated rings. The zero-order chi connectivity index (χ0) is 30.5. The zero-order valence-electron chi connectivity index (χ0n) is 22.5. The van der Waals surface area contributed by atoms with E-state index in [0.29, 0.717) is 6.92 Å². The Labute approximate surface area is 234 Å². The SMILES string of the molecule is CN1C(=O)NC(C)(CCC(=O)C[C@@H]2CCc3cc(C(C)(O)C(F)(F)F)ccc3N2S(=O)(=O)c2ccc(F)cc2)C1=O. The second-order valence-electron chi connectivity index (χ2n) is 10.7. The molecule has 0 spiro atoms. The van der Waals surface area contributed by atoms with Crippen LogP contribution >= 0.6 is 0 Å². The van der Waals surface area contributed by atoms with Gasteiger partial charge in [0.2, 0.25) is 0 Å². The monoisotopic (exact) mass is 599 g/mol. The van der Waals surface area contributed by atoms with Crippen molar-refractivity contribution in [1.29, 1.82) is 0 Å². The van der Waals surface area contributed by atoms with Gasteiger partial charge in [-0.25, -0.2) is 17.6 Å². The molecule has 41 heavy (non-hydrogen) atoms. The first-order valence-electron chi connectivity index (χ1n) is 12.7. The van der Waals surface area contributed by atoms with Crippen molar-refractivity contribution in [2.24, 2.45) is 0 Å². The van der Waals surface area contributed by atoms with Crippen LogP contribution in [0, 0.1) is 5.82 Å². The van der Waals surface area contributed by atoms with Crippen LogP contribution in [0.4, 0.5) is 28.0 Å². The largest absolute Gasteiger partial charge is 0.421 e. The number of hydrogen-bond donors (Lipinski definition) is 2. The number of aliphatic hydroxyl groups is 1. The van der Waals surface area contributed by atoms with Gasteiger partial charge in [0.15, 0.2) is 5.60 Å². The van der Waals surface area contributed by atoms with Crippen LogP contribution in [0.2, 0.25) is 0 Å². The van der Waals surface area contributed by atoms with Gasteiger partial charge in [-0.3, -0.25) is 18.8 Å². The Kier molecular flexibility index (Phi) is 7.71. The fourth-order valence-corrected chi connectivity index (χ4v) is 6.81. The van der Waals surface area contributed by atoms with Gasteiger partial charge in [-0.1, -0.05) is 12.1 Å². The summed E-state index contributed by atoms with van der Waals surface area (Å²) in [7, 11) is -3.11. The Hall–Kier alpha value is -3.52. The van der Waals surface area contributed by atoms with Crippen LogP contribution in [0.1, 0.15) is 50.7 Å². The molecule has 0 aliphatic carbocycles. The van der Waals surface area contributed by atoms with E-state index < -0.39 is 62.5 Å². The number of rotatable bonds is 8. The Morgan fingerprint density at radius 1 is 1.15 bits per heavy atom. The predicted molar refractivity (Wildman–Crippen MR) is 139 cm³/mol. The number of sulfonamides is 1. The number of likely N-dealkylation sites (N-methyl/N-ethyl adjacent to an activating group) is 1. The number of carbonyl (C=O) groups is 3. The van der Waals surface area contributed by atoms with Crippen molar-refractivity contribution in [3.05, 3.63) is 59.4 Å². The predicted octanol–water partition coefficient (Wildman–Crippen LogP) is 3.79. The molecule has 9 nitrogen and oxygen atoms in total. The summed E-state index contributed by atoms with van der Waals surface area (Å²) in [6.07, 6.45) is -5.28. The number of fused-ring (bicyclic) bond motifs is 1. The molecule has 1 saturated heterocycles. The molecule has 0 bridgehead atoms. The average Bonchev–Trinajstić information content (AvgIpc) is 3.09. The lowest BCUT2D eigenvalue weighted by Crippen LogP contribution is -2.46. The van der Waals surface area contributed by atoms with Crippen LogP contribution in [0.25, 0.3) is 0 Å². The minimum atomic E-state index is -4.99. The van der Waals surface area contributed by atoms with Gasteiger partial charge in [0.1, 0.15) is 17.1 Å². The lowest BCUT2D eigenvalue weighted by Gasteiger charge is -2.38. The summed E-state index contributed by atoms with van der Waals surface area (Å²) in [6.45, 7) is 2.08. The van der Waals surface area contributed by atoms with E-state index in [0.717, 1.165) is 51.7 Å². The summed E-state index contributed by atoms with van der Waals surface area (Å²) in [5.41, 5.74) is -4.71. The lowest BCUT2D eigenvalue weighted by molar-refractivity contribution is -0.258. The van der Waals surface area contributed by atoms with Gasteiger partial charge < -0.3 is 10.4 Å². The average molecular weight is 600 g/mol. The first-order valence-corrected chi connectivity index (χ1v) is 14.2. The number of anilines is 1. The van der Waals surface area contributed by atoms with Crippen LogP contribution in [-0.2, 0) is 31.6 Å². The standard InChI is InChI=1S/C27H29F4N3O6S/c1-25(23(36)33(3)24(37)32-25)13-12-20(35)15-19-8-4-16-14-17(26(2,38)27(29,30)31)5-11-22(16)34(19)41(39,40)21-9-6-18(28)7-10-21/h5-7,9-11,14,19,38H,4,8,12-13,15H2,1-3H3,(H,32,37)/t19-,25?,26?/m0/s1. The number of Topliss-reactive ketones (excluding diaryl/α,β-unsaturated/α-hetero) is 1. The zero-order valence-corrected chi connectivity index (χ0v) is 23.3. The summed E-state index contributed by atoms with van der Waals surface area (Å²) < 4.78 is 82.6. The smallest absolute Gasteiger partial charge is 0.376 e. The third-order valence-electron chi connectivity index (χ3n) is 7.71. The molecule has 2 aromatic carbocycles. The van der Waals surface area contributed by atoms with Gasteiger partial charge in [-0.2, -0.15) is 13.2 Å². The summed E-state index contributed by atoms with van der Waals surface area (Å²) in [5.74, 6) is -1.58. The molecule has 2 aromatic rings. The Bertz CT molecular complexity index is 1490. The normalized spacial score (nSPS) is 22.8. The highest BCUT2D eigenvalue weighted by Gasteiger charge is 2.52. The summed E-state index contributed by atoms with van der Waals surface area (Å²) in [5, 5.41) is 12.7. The van der Waals surface area contributed by atoms with Crippen LogP contribution < -0.4 is 9.62 Å². The van der Waals surface area contributed by atoms with Crippen molar-refractivity contribution in [3.63, 3.8) is 0 Å². The van der Waals surface area contributed by atoms with Crippen LogP contribution in [0.3, 0.4) is 0 Å². The minimum Gasteiger partial charge on any atom is -0.376 e. The molecule has 0 aromatic heterocycles. The second kappa shape index (κ2) is 10.4. The molecule has 2 aliphatic heterocycles. The van der Waals surface area contributed by atoms with Gasteiger partial charge in [-0.05, 0) is 74.6 Å². The number of carbonyl (C=O) groups excluding carboxylic acids is 3. The van der Waals surface area contributed by atoms with Crippen molar-refractivity contribution in [2.45, 2.75) is 74.2 Å². The van der Waals surface area contributed by atoms with E-state index in [2.05, 4.69) is 5.32 Å². The summed E-state index contributed by atoms with van der Waals surface area (Å²) in [6, 6.07) is 5.69. The molecule has 2 unspecified atom stereocenters. The second-order valence-corrected chi connectivity index (χ2v) is 12.5. The molecule has 0 saturated carbocycles. The molecule has 4 rings (SSSR count). The van der Waals surface area contributed by atoms with Crippen LogP contribution in [0.5, 0.6) is 0 Å². The van der Waals surface area contributed by atoms with Gasteiger partial charge in [-0.15, -0.1) is 0 Å². The fourth-order valence-electron chi connectivity index (χ4n) is 5.09. The van der Waals surface area contributed by atoms with E-state index in [-0.39, 0.29) is 48.3 Å². The van der Waals surface area contributed by atoms with Gasteiger partial charge in [0.25, 0.3) is 15.9 Å². The molecular formula is C27H29F4N3O6S. The van der Waals surface area contributed by atoms with Gasteiger partial charge in [0, 0.05) is 19.9 Å². The first-order chi connectivity index (χ1) is 18.9. The van der Waals surface area contributed by atoms with E-state index in [4.69, 9.17) is 0 Å². The minimum absolute atomic E-state index is 0.0232. The molecular weight excluding hydrogens is 570 g/mol. The number of hydrogen-bond acceptors (Lipinski definition) is 6. The maximum absolute atomic E-state index is 13.8. The molecule has 2 aliphatic rings. The summed E-state index contributed by atoms with van der Waals surface area (Å²) in [4.78, 5) is 38.0. The van der Waals surface area contributed by atoms with E-state index in [9.17, 15) is 45.5 Å². The molecule has 3 atom stereocenters. The van der Waals surface area contributed by atoms with Crippen molar-refractivity contribution >= 4 is 33.4 Å². The topological polar surface area (TPSA) is 124 Å². The third-order valence-corrected chi connectivity index (χ3v) is 9.59. The Morgan fingerprint density at radius 2 is 1.78 bits per heavy atom. The number of ketones is 1. The number of urea groups is 1. The van der Waals surface area contributed by atoms with E-state index in [1.165, 1.54) is 14.0 Å². The summed E-state index contributed by atoms with van der Waals surface area (Å²) >= 11 is 0. The number of amides is 3. The molecule has 14 heteroatoms. The van der Waals surface area contributed by atoms with Crippen LogP contribution in [0.15, 0.2) is 47.4 Å². The van der Waals surface area contributed by atoms with E-state index in [1.807, 2.05) is 0 Å². The molecule has 3 amide bonds. The highest BCUT2D eigenvalue weighted by atomic mass is 32.2. The first kappa shape index (κ1) is 30.4. The lowest BCUT2D eigenvalue weighted by atomic mass is 9.88. The molecule has 2 heterocycles. The van der Waals surface area contributed by atoms with Crippen molar-refractivity contribution in [3.8, 4) is 0 Å².